The number of benzene rings is 1. The molecule has 0 spiro atoms. The number of amides is 1. The van der Waals surface area contributed by atoms with Crippen LogP contribution in [-0.2, 0) is 0 Å². The van der Waals surface area contributed by atoms with Gasteiger partial charge in [0.2, 0.25) is 0 Å². The molecule has 80 valence electrons. The van der Waals surface area contributed by atoms with Crippen molar-refractivity contribution in [2.24, 2.45) is 5.73 Å². The van der Waals surface area contributed by atoms with Crippen LogP contribution in [0.3, 0.4) is 0 Å². The van der Waals surface area contributed by atoms with Gasteiger partial charge in [0.15, 0.2) is 0 Å². The molecule has 1 aromatic heterocycles. The van der Waals surface area contributed by atoms with Crippen molar-refractivity contribution in [3.05, 3.63) is 58.4 Å². The van der Waals surface area contributed by atoms with Crippen LogP contribution in [0, 0.1) is 0 Å². The van der Waals surface area contributed by atoms with Gasteiger partial charge in [-0.25, -0.2) is 4.79 Å². The average molecular weight is 215 g/mol. The number of hydrogen-bond acceptors (Lipinski definition) is 3. The van der Waals surface area contributed by atoms with Crippen LogP contribution < -0.4 is 11.4 Å². The Bertz CT molecular complexity index is 572. The van der Waals surface area contributed by atoms with Crippen LogP contribution >= 0.6 is 0 Å². The maximum Gasteiger partial charge on any atom is 0.349 e. The lowest BCUT2D eigenvalue weighted by Gasteiger charge is -2.00. The SMILES string of the molecule is NC(=O)c1ccc(-c2ccccc2)oc1=O. The summed E-state index contributed by atoms with van der Waals surface area (Å²) in [6.45, 7) is 0. The van der Waals surface area contributed by atoms with Gasteiger partial charge in [0.25, 0.3) is 5.91 Å². The summed E-state index contributed by atoms with van der Waals surface area (Å²) in [6, 6.07) is 12.1. The second kappa shape index (κ2) is 4.02. The molecule has 16 heavy (non-hydrogen) atoms. The van der Waals surface area contributed by atoms with Gasteiger partial charge in [0.05, 0.1) is 0 Å². The monoisotopic (exact) mass is 215 g/mol. The molecule has 1 amide bonds. The van der Waals surface area contributed by atoms with Gasteiger partial charge in [-0.1, -0.05) is 30.3 Å². The van der Waals surface area contributed by atoms with Crippen molar-refractivity contribution in [2.45, 2.75) is 0 Å². The summed E-state index contributed by atoms with van der Waals surface area (Å²) in [5, 5.41) is 0. The number of primary amides is 1. The largest absolute Gasteiger partial charge is 0.422 e. The molecule has 0 aliphatic heterocycles. The molecular weight excluding hydrogens is 206 g/mol. The first kappa shape index (κ1) is 10.2. The minimum absolute atomic E-state index is 0.139. The Labute approximate surface area is 91.3 Å². The molecule has 0 atom stereocenters. The lowest BCUT2D eigenvalue weighted by molar-refractivity contribution is 0.0996. The van der Waals surface area contributed by atoms with Gasteiger partial charge < -0.3 is 10.2 Å². The number of hydrogen-bond donors (Lipinski definition) is 1. The fourth-order valence-electron chi connectivity index (χ4n) is 1.36. The molecule has 0 fully saturated rings. The zero-order chi connectivity index (χ0) is 11.5. The highest BCUT2D eigenvalue weighted by atomic mass is 16.4. The van der Waals surface area contributed by atoms with Crippen molar-refractivity contribution in [2.75, 3.05) is 0 Å². The highest BCUT2D eigenvalue weighted by molar-refractivity contribution is 5.92. The van der Waals surface area contributed by atoms with E-state index in [2.05, 4.69) is 0 Å². The number of rotatable bonds is 2. The van der Waals surface area contributed by atoms with Crippen molar-refractivity contribution in [1.82, 2.24) is 0 Å². The van der Waals surface area contributed by atoms with Gasteiger partial charge in [-0.05, 0) is 12.1 Å². The minimum Gasteiger partial charge on any atom is -0.422 e. The number of carbonyl (C=O) groups is 1. The smallest absolute Gasteiger partial charge is 0.349 e. The topological polar surface area (TPSA) is 73.3 Å². The van der Waals surface area contributed by atoms with Crippen molar-refractivity contribution in [3.63, 3.8) is 0 Å². The maximum absolute atomic E-state index is 11.4. The molecule has 1 aromatic carbocycles. The first-order valence-corrected chi connectivity index (χ1v) is 4.68. The van der Waals surface area contributed by atoms with Crippen LogP contribution in [-0.4, -0.2) is 5.91 Å². The van der Waals surface area contributed by atoms with E-state index in [1.807, 2.05) is 30.3 Å². The molecule has 2 N–H and O–H groups in total. The zero-order valence-corrected chi connectivity index (χ0v) is 8.34. The van der Waals surface area contributed by atoms with E-state index in [1.165, 1.54) is 6.07 Å². The third-order valence-corrected chi connectivity index (χ3v) is 2.15. The van der Waals surface area contributed by atoms with E-state index in [-0.39, 0.29) is 5.56 Å². The second-order valence-electron chi connectivity index (χ2n) is 3.23. The van der Waals surface area contributed by atoms with E-state index in [9.17, 15) is 9.59 Å². The van der Waals surface area contributed by atoms with Gasteiger partial charge in [0.1, 0.15) is 11.3 Å². The molecule has 4 heteroatoms. The van der Waals surface area contributed by atoms with E-state index < -0.39 is 11.5 Å². The molecule has 0 aliphatic carbocycles. The highest BCUT2D eigenvalue weighted by Gasteiger charge is 2.09. The Hall–Kier alpha value is -2.36. The van der Waals surface area contributed by atoms with Gasteiger partial charge in [-0.2, -0.15) is 0 Å². The summed E-state index contributed by atoms with van der Waals surface area (Å²) in [5.41, 5.74) is 4.92. The Balaban J connectivity index is 2.51. The van der Waals surface area contributed by atoms with Crippen molar-refractivity contribution < 1.29 is 9.21 Å². The lowest BCUT2D eigenvalue weighted by atomic mass is 10.1. The van der Waals surface area contributed by atoms with E-state index in [1.54, 1.807) is 6.07 Å². The van der Waals surface area contributed by atoms with E-state index in [4.69, 9.17) is 10.2 Å². The number of carbonyl (C=O) groups excluding carboxylic acids is 1. The van der Waals surface area contributed by atoms with Gasteiger partial charge in [-0.3, -0.25) is 4.79 Å². The van der Waals surface area contributed by atoms with E-state index in [0.717, 1.165) is 5.56 Å². The first-order valence-electron chi connectivity index (χ1n) is 4.68. The molecule has 0 saturated heterocycles. The summed E-state index contributed by atoms with van der Waals surface area (Å²) in [6.07, 6.45) is 0. The molecule has 0 saturated carbocycles. The molecule has 4 nitrogen and oxygen atoms in total. The first-order chi connectivity index (χ1) is 7.68. The molecule has 0 unspecified atom stereocenters. The predicted molar refractivity (Wildman–Crippen MR) is 58.9 cm³/mol. The van der Waals surface area contributed by atoms with Gasteiger partial charge >= 0.3 is 5.63 Å². The standard InChI is InChI=1S/C12H9NO3/c13-11(14)9-6-7-10(16-12(9)15)8-4-2-1-3-5-8/h1-7H,(H2,13,14). The highest BCUT2D eigenvalue weighted by Crippen LogP contribution is 2.16. The van der Waals surface area contributed by atoms with Gasteiger partial charge in [-0.15, -0.1) is 0 Å². The Morgan fingerprint density at radius 3 is 2.31 bits per heavy atom. The fraction of sp³-hybridized carbons (Fsp3) is 0. The molecule has 0 aliphatic rings. The van der Waals surface area contributed by atoms with Gasteiger partial charge in [0, 0.05) is 5.56 Å². The van der Waals surface area contributed by atoms with Crippen molar-refractivity contribution >= 4 is 5.91 Å². The summed E-state index contributed by atoms with van der Waals surface area (Å²) in [7, 11) is 0. The summed E-state index contributed by atoms with van der Waals surface area (Å²) in [5.74, 6) is -0.371. The minimum atomic E-state index is -0.784. The van der Waals surface area contributed by atoms with Crippen molar-refractivity contribution in [3.8, 4) is 11.3 Å². The average Bonchev–Trinajstić information content (AvgIpc) is 2.29. The zero-order valence-electron chi connectivity index (χ0n) is 8.34. The van der Waals surface area contributed by atoms with Crippen LogP contribution in [0.15, 0.2) is 51.7 Å². The number of nitrogens with two attached hydrogens (primary N) is 1. The Kier molecular flexibility index (Phi) is 2.55. The molecular formula is C12H9NO3. The molecule has 2 aromatic rings. The van der Waals surface area contributed by atoms with E-state index >= 15 is 0 Å². The Morgan fingerprint density at radius 1 is 1.06 bits per heavy atom. The van der Waals surface area contributed by atoms with Crippen LogP contribution in [0.25, 0.3) is 11.3 Å². The molecule has 2 rings (SSSR count). The summed E-state index contributed by atoms with van der Waals surface area (Å²) >= 11 is 0. The molecule has 0 radical (unpaired) electrons. The normalized spacial score (nSPS) is 10.0. The van der Waals surface area contributed by atoms with Crippen LogP contribution in [0.4, 0.5) is 0 Å². The molecule has 1 heterocycles. The fourth-order valence-corrected chi connectivity index (χ4v) is 1.36. The molecule has 0 bridgehead atoms. The maximum atomic E-state index is 11.4. The Morgan fingerprint density at radius 2 is 1.75 bits per heavy atom. The quantitative estimate of drug-likeness (QED) is 0.822. The predicted octanol–water partition coefficient (Wildman–Crippen LogP) is 1.41. The lowest BCUT2D eigenvalue weighted by Crippen LogP contribution is -2.20. The van der Waals surface area contributed by atoms with Crippen LogP contribution in [0.1, 0.15) is 10.4 Å². The summed E-state index contributed by atoms with van der Waals surface area (Å²) < 4.78 is 5.00. The summed E-state index contributed by atoms with van der Waals surface area (Å²) in [4.78, 5) is 22.2. The van der Waals surface area contributed by atoms with Crippen molar-refractivity contribution in [1.29, 1.82) is 0 Å². The van der Waals surface area contributed by atoms with E-state index in [0.29, 0.717) is 5.76 Å². The second-order valence-corrected chi connectivity index (χ2v) is 3.23. The van der Waals surface area contributed by atoms with Crippen LogP contribution in [0.2, 0.25) is 0 Å². The third kappa shape index (κ3) is 1.86. The third-order valence-electron chi connectivity index (χ3n) is 2.15. The van der Waals surface area contributed by atoms with Crippen LogP contribution in [0.5, 0.6) is 0 Å².